The molecule has 1 N–H and O–H groups in total. The van der Waals surface area contributed by atoms with E-state index in [-0.39, 0.29) is 24.3 Å². The molecule has 1 aromatic heterocycles. The third kappa shape index (κ3) is 5.80. The number of cyclic esters (lactones) is 1. The Hall–Kier alpha value is -4.18. The molecule has 202 valence electrons. The first-order valence-corrected chi connectivity index (χ1v) is 13.7. The van der Waals surface area contributed by atoms with Gasteiger partial charge in [-0.1, -0.05) is 48.0 Å². The number of benzene rings is 2. The molecule has 3 heterocycles. The first-order valence-electron chi connectivity index (χ1n) is 12.8. The van der Waals surface area contributed by atoms with Crippen molar-refractivity contribution in [1.82, 2.24) is 14.7 Å². The Kier molecular flexibility index (Phi) is 7.65. The molecular formula is C29H30N4O5S. The lowest BCUT2D eigenvalue weighted by molar-refractivity contribution is -0.142. The van der Waals surface area contributed by atoms with E-state index in [1.165, 1.54) is 23.2 Å². The summed E-state index contributed by atoms with van der Waals surface area (Å²) in [6.07, 6.45) is -1.38. The topological polar surface area (TPSA) is 99.3 Å². The molecule has 2 fully saturated rings. The van der Waals surface area contributed by atoms with Crippen LogP contribution in [0.5, 0.6) is 0 Å². The second kappa shape index (κ2) is 11.3. The highest BCUT2D eigenvalue weighted by Crippen LogP contribution is 2.36. The Morgan fingerprint density at radius 3 is 2.33 bits per heavy atom. The van der Waals surface area contributed by atoms with E-state index in [1.54, 1.807) is 40.1 Å². The van der Waals surface area contributed by atoms with Crippen molar-refractivity contribution in [3.63, 3.8) is 0 Å². The van der Waals surface area contributed by atoms with Gasteiger partial charge in [-0.3, -0.25) is 19.3 Å². The Bertz CT molecular complexity index is 1370. The minimum Gasteiger partial charge on any atom is -0.438 e. The average molecular weight is 547 g/mol. The Labute approximate surface area is 231 Å². The quantitative estimate of drug-likeness (QED) is 0.503. The van der Waals surface area contributed by atoms with Crippen LogP contribution in [0.15, 0.2) is 66.0 Å². The molecule has 2 aliphatic rings. The maximum atomic E-state index is 13.9. The molecule has 0 bridgehead atoms. The molecule has 2 aliphatic heterocycles. The summed E-state index contributed by atoms with van der Waals surface area (Å²) in [4.78, 5) is 56.8. The summed E-state index contributed by atoms with van der Waals surface area (Å²) in [5.41, 5.74) is 3.21. The van der Waals surface area contributed by atoms with Gasteiger partial charge in [0.05, 0.1) is 11.4 Å². The van der Waals surface area contributed by atoms with Crippen molar-refractivity contribution in [2.75, 3.05) is 31.5 Å². The van der Waals surface area contributed by atoms with Gasteiger partial charge in [-0.05, 0) is 41.6 Å². The summed E-state index contributed by atoms with van der Waals surface area (Å²) in [6.45, 7) is 5.41. The summed E-state index contributed by atoms with van der Waals surface area (Å²) in [7, 11) is 0. The summed E-state index contributed by atoms with van der Waals surface area (Å²) in [5, 5.41) is 4.70. The zero-order valence-corrected chi connectivity index (χ0v) is 22.6. The van der Waals surface area contributed by atoms with Crippen LogP contribution in [0.25, 0.3) is 0 Å². The van der Waals surface area contributed by atoms with Gasteiger partial charge in [0.2, 0.25) is 11.8 Å². The summed E-state index contributed by atoms with van der Waals surface area (Å²) in [6, 6.07) is 17.5. The zero-order chi connectivity index (χ0) is 27.5. The van der Waals surface area contributed by atoms with E-state index in [1.807, 2.05) is 42.6 Å². The fourth-order valence-corrected chi connectivity index (χ4v) is 5.61. The molecule has 5 rings (SSSR count). The van der Waals surface area contributed by atoms with Crippen LogP contribution in [0.3, 0.4) is 0 Å². The van der Waals surface area contributed by atoms with Gasteiger partial charge >= 0.3 is 6.09 Å². The van der Waals surface area contributed by atoms with E-state index in [4.69, 9.17) is 4.74 Å². The predicted octanol–water partition coefficient (Wildman–Crippen LogP) is 4.06. The van der Waals surface area contributed by atoms with Crippen LogP contribution < -0.4 is 5.32 Å². The number of thiophene rings is 1. The van der Waals surface area contributed by atoms with Gasteiger partial charge in [0.15, 0.2) is 12.1 Å². The molecule has 3 aromatic rings. The third-order valence-electron chi connectivity index (χ3n) is 7.05. The van der Waals surface area contributed by atoms with Gasteiger partial charge in [-0.25, -0.2) is 4.79 Å². The Balaban J connectivity index is 1.39. The number of carbonyl (C=O) groups is 4. The summed E-state index contributed by atoms with van der Waals surface area (Å²) in [5.74, 6) is -0.435. The van der Waals surface area contributed by atoms with Gasteiger partial charge in [0, 0.05) is 38.8 Å². The molecule has 0 spiro atoms. The van der Waals surface area contributed by atoms with Gasteiger partial charge in [0.1, 0.15) is 0 Å². The molecule has 2 aromatic carbocycles. The molecule has 4 amide bonds. The lowest BCUT2D eigenvalue weighted by Crippen LogP contribution is -2.55. The van der Waals surface area contributed by atoms with Crippen molar-refractivity contribution >= 4 is 40.8 Å². The summed E-state index contributed by atoms with van der Waals surface area (Å²) < 4.78 is 5.82. The van der Waals surface area contributed by atoms with E-state index < -0.39 is 18.2 Å². The molecule has 2 atom stereocenters. The van der Waals surface area contributed by atoms with Crippen molar-refractivity contribution < 1.29 is 23.9 Å². The fourth-order valence-electron chi connectivity index (χ4n) is 4.99. The van der Waals surface area contributed by atoms with Crippen LogP contribution in [-0.2, 0) is 20.9 Å². The van der Waals surface area contributed by atoms with Crippen LogP contribution in [0.2, 0.25) is 0 Å². The van der Waals surface area contributed by atoms with Crippen molar-refractivity contribution in [2.45, 2.75) is 32.5 Å². The standard InChI is InChI=1S/C29H30N4O5S/c1-19-5-3-6-21(17-19)18-33-25(28(36)32-14-12-31(13-15-32)20(2)34)26(38-29(33)37)22-8-10-23(11-9-22)30-27(35)24-7-4-16-39-24/h3-11,16-17,25-26H,12-15,18H2,1-2H3,(H,30,35)/t25-,26+/m1/s1. The third-order valence-corrected chi connectivity index (χ3v) is 7.92. The number of amides is 4. The molecular weight excluding hydrogens is 516 g/mol. The molecule has 10 heteroatoms. The summed E-state index contributed by atoms with van der Waals surface area (Å²) >= 11 is 1.36. The van der Waals surface area contributed by atoms with E-state index >= 15 is 0 Å². The number of carbonyl (C=O) groups excluding carboxylic acids is 4. The highest BCUT2D eigenvalue weighted by Gasteiger charge is 2.48. The monoisotopic (exact) mass is 546 g/mol. The minimum atomic E-state index is -0.867. The minimum absolute atomic E-state index is 0.0216. The highest BCUT2D eigenvalue weighted by atomic mass is 32.1. The average Bonchev–Trinajstić information content (AvgIpc) is 3.58. The number of rotatable bonds is 6. The van der Waals surface area contributed by atoms with Crippen LogP contribution in [0.4, 0.5) is 10.5 Å². The maximum Gasteiger partial charge on any atom is 0.411 e. The number of nitrogens with zero attached hydrogens (tertiary/aromatic N) is 3. The number of aryl methyl sites for hydroxylation is 1. The lowest BCUT2D eigenvalue weighted by atomic mass is 9.99. The molecule has 39 heavy (non-hydrogen) atoms. The fraction of sp³-hybridized carbons (Fsp3) is 0.310. The van der Waals surface area contributed by atoms with Crippen molar-refractivity contribution in [2.24, 2.45) is 0 Å². The van der Waals surface area contributed by atoms with Crippen molar-refractivity contribution in [3.8, 4) is 0 Å². The number of anilines is 1. The smallest absolute Gasteiger partial charge is 0.411 e. The molecule has 2 saturated heterocycles. The van der Waals surface area contributed by atoms with Crippen molar-refractivity contribution in [3.05, 3.63) is 87.6 Å². The van der Waals surface area contributed by atoms with E-state index in [0.717, 1.165) is 11.1 Å². The van der Waals surface area contributed by atoms with Gasteiger partial charge in [0.25, 0.3) is 5.91 Å². The molecule has 0 unspecified atom stereocenters. The SMILES string of the molecule is CC(=O)N1CCN(C(=O)[C@H]2[C@H](c3ccc(NC(=O)c4cccs4)cc3)OC(=O)N2Cc2cccc(C)c2)CC1. The van der Waals surface area contributed by atoms with Crippen LogP contribution in [0.1, 0.15) is 39.4 Å². The predicted molar refractivity (Wildman–Crippen MR) is 147 cm³/mol. The number of ether oxygens (including phenoxy) is 1. The highest BCUT2D eigenvalue weighted by molar-refractivity contribution is 7.12. The van der Waals surface area contributed by atoms with Gasteiger partial charge in [-0.2, -0.15) is 0 Å². The number of hydrogen-bond acceptors (Lipinski definition) is 6. The van der Waals surface area contributed by atoms with Crippen LogP contribution in [-0.4, -0.2) is 70.7 Å². The Morgan fingerprint density at radius 2 is 1.69 bits per heavy atom. The zero-order valence-electron chi connectivity index (χ0n) is 21.8. The second-order valence-corrected chi connectivity index (χ2v) is 10.7. The maximum absolute atomic E-state index is 13.9. The van der Waals surface area contributed by atoms with Crippen LogP contribution >= 0.6 is 11.3 Å². The first-order chi connectivity index (χ1) is 18.8. The molecule has 0 aliphatic carbocycles. The van der Waals surface area contributed by atoms with Gasteiger partial charge in [-0.15, -0.1) is 11.3 Å². The van der Waals surface area contributed by atoms with Crippen molar-refractivity contribution in [1.29, 1.82) is 0 Å². The normalized spacial score (nSPS) is 19.1. The molecule has 9 nitrogen and oxygen atoms in total. The van der Waals surface area contributed by atoms with E-state index in [0.29, 0.717) is 42.3 Å². The van der Waals surface area contributed by atoms with Gasteiger partial charge < -0.3 is 19.9 Å². The largest absolute Gasteiger partial charge is 0.438 e. The number of piperazine rings is 1. The van der Waals surface area contributed by atoms with E-state index in [2.05, 4.69) is 5.32 Å². The first kappa shape index (κ1) is 26.4. The van der Waals surface area contributed by atoms with E-state index in [9.17, 15) is 19.2 Å². The number of nitrogens with one attached hydrogen (secondary N) is 1. The molecule has 0 radical (unpaired) electrons. The Morgan fingerprint density at radius 1 is 0.974 bits per heavy atom. The second-order valence-electron chi connectivity index (χ2n) is 9.75. The lowest BCUT2D eigenvalue weighted by Gasteiger charge is -2.37. The molecule has 0 saturated carbocycles. The number of hydrogen-bond donors (Lipinski definition) is 1. The van der Waals surface area contributed by atoms with Crippen LogP contribution in [0, 0.1) is 6.92 Å².